The van der Waals surface area contributed by atoms with Crippen molar-refractivity contribution in [1.29, 1.82) is 0 Å². The van der Waals surface area contributed by atoms with Crippen LogP contribution in [0.25, 0.3) is 0 Å². The molecule has 162 valence electrons. The Hall–Kier alpha value is -2.94. The van der Waals surface area contributed by atoms with Gasteiger partial charge in [-0.15, -0.1) is 0 Å². The number of anilines is 1. The maximum absolute atomic E-state index is 12.6. The van der Waals surface area contributed by atoms with E-state index in [2.05, 4.69) is 5.32 Å². The van der Waals surface area contributed by atoms with Crippen LogP contribution >= 0.6 is 0 Å². The van der Waals surface area contributed by atoms with Gasteiger partial charge in [-0.3, -0.25) is 9.10 Å². The van der Waals surface area contributed by atoms with E-state index in [9.17, 15) is 13.2 Å². The number of ether oxygens (including phenoxy) is 3. The summed E-state index contributed by atoms with van der Waals surface area (Å²) in [7, 11) is 1.30. The predicted octanol–water partition coefficient (Wildman–Crippen LogP) is 2.57. The number of hydrogen-bond acceptors (Lipinski definition) is 6. The first-order valence-electron chi connectivity index (χ1n) is 9.57. The van der Waals surface area contributed by atoms with E-state index in [1.165, 1.54) is 25.6 Å². The Kier molecular flexibility index (Phi) is 6.71. The van der Waals surface area contributed by atoms with E-state index < -0.39 is 10.0 Å². The van der Waals surface area contributed by atoms with Gasteiger partial charge in [0.05, 0.1) is 32.8 Å². The lowest BCUT2D eigenvalue weighted by atomic mass is 10.1. The van der Waals surface area contributed by atoms with E-state index in [0.29, 0.717) is 41.5 Å². The molecule has 0 atom stereocenters. The Morgan fingerprint density at radius 3 is 2.27 bits per heavy atom. The van der Waals surface area contributed by atoms with E-state index in [1.54, 1.807) is 36.4 Å². The average Bonchev–Trinajstić information content (AvgIpc) is 2.76. The van der Waals surface area contributed by atoms with Crippen molar-refractivity contribution in [2.75, 3.05) is 37.9 Å². The van der Waals surface area contributed by atoms with Crippen LogP contribution in [-0.4, -0.2) is 48.0 Å². The molecule has 0 aliphatic carbocycles. The van der Waals surface area contributed by atoms with Gasteiger partial charge in [0.1, 0.15) is 0 Å². The van der Waals surface area contributed by atoms with Gasteiger partial charge in [-0.05, 0) is 49.2 Å². The minimum atomic E-state index is -3.28. The lowest BCUT2D eigenvalue weighted by molar-refractivity contribution is 0.0950. The van der Waals surface area contributed by atoms with Gasteiger partial charge < -0.3 is 19.5 Å². The molecule has 3 rings (SSSR count). The zero-order valence-electron chi connectivity index (χ0n) is 17.3. The fourth-order valence-electron chi connectivity index (χ4n) is 3.44. The van der Waals surface area contributed by atoms with Crippen molar-refractivity contribution in [3.63, 3.8) is 0 Å². The first-order chi connectivity index (χ1) is 14.4. The van der Waals surface area contributed by atoms with Crippen LogP contribution < -0.4 is 23.8 Å². The molecule has 1 aliphatic heterocycles. The molecule has 0 saturated carbocycles. The molecule has 2 aromatic carbocycles. The van der Waals surface area contributed by atoms with Crippen molar-refractivity contribution in [2.45, 2.75) is 19.4 Å². The summed E-state index contributed by atoms with van der Waals surface area (Å²) in [5.41, 5.74) is 1.75. The van der Waals surface area contributed by atoms with Crippen molar-refractivity contribution < 1.29 is 27.4 Å². The van der Waals surface area contributed by atoms with E-state index in [4.69, 9.17) is 14.2 Å². The number of nitrogens with one attached hydrogen (secondary N) is 1. The molecule has 1 amide bonds. The third-order valence-corrected chi connectivity index (χ3v) is 6.86. The number of hydrogen-bond donors (Lipinski definition) is 1. The summed E-state index contributed by atoms with van der Waals surface area (Å²) in [4.78, 5) is 12.6. The third kappa shape index (κ3) is 4.46. The van der Waals surface area contributed by atoms with Crippen LogP contribution in [0.5, 0.6) is 17.2 Å². The number of sulfonamides is 1. The number of benzene rings is 2. The minimum absolute atomic E-state index is 0.155. The summed E-state index contributed by atoms with van der Waals surface area (Å²) in [6.45, 7) is 0.692. The lowest BCUT2D eigenvalue weighted by Gasteiger charge is -2.28. The van der Waals surface area contributed by atoms with E-state index in [0.717, 1.165) is 12.0 Å². The molecule has 8 nitrogen and oxygen atoms in total. The molecule has 0 radical (unpaired) electrons. The van der Waals surface area contributed by atoms with Crippen LogP contribution in [0.1, 0.15) is 28.8 Å². The number of amides is 1. The number of nitrogens with zero attached hydrogens (tertiary/aromatic N) is 1. The molecule has 2 aromatic rings. The first kappa shape index (κ1) is 21.8. The van der Waals surface area contributed by atoms with Crippen LogP contribution in [0, 0.1) is 0 Å². The highest BCUT2D eigenvalue weighted by atomic mass is 32.2. The van der Waals surface area contributed by atoms with Crippen LogP contribution in [0.4, 0.5) is 5.69 Å². The van der Waals surface area contributed by atoms with Crippen LogP contribution in [-0.2, 0) is 16.6 Å². The number of methoxy groups -OCH3 is 3. The summed E-state index contributed by atoms with van der Waals surface area (Å²) in [5.74, 6) is 1.36. The molecule has 30 heavy (non-hydrogen) atoms. The molecule has 0 aromatic heterocycles. The van der Waals surface area contributed by atoms with Crippen molar-refractivity contribution >= 4 is 21.6 Å². The van der Waals surface area contributed by atoms with Gasteiger partial charge in [-0.2, -0.15) is 0 Å². The Morgan fingerprint density at radius 2 is 1.67 bits per heavy atom. The zero-order valence-corrected chi connectivity index (χ0v) is 18.1. The first-order valence-corrected chi connectivity index (χ1v) is 11.2. The second kappa shape index (κ2) is 9.25. The maximum Gasteiger partial charge on any atom is 0.251 e. The standard InChI is InChI=1S/C21H26N2O6S/c1-27-18-11-8-16(19(28-2)20(18)29-3)14-22-21(24)15-6-9-17(10-7-15)23-12-4-5-13-30(23,25)26/h6-11H,4-5,12-14H2,1-3H3,(H,22,24). The second-order valence-electron chi connectivity index (χ2n) is 6.82. The highest BCUT2D eigenvalue weighted by Crippen LogP contribution is 2.39. The number of rotatable bonds is 7. The van der Waals surface area contributed by atoms with E-state index >= 15 is 0 Å². The van der Waals surface area contributed by atoms with Crippen molar-refractivity contribution in [3.05, 3.63) is 47.5 Å². The highest BCUT2D eigenvalue weighted by molar-refractivity contribution is 7.92. The van der Waals surface area contributed by atoms with Crippen molar-refractivity contribution in [2.24, 2.45) is 0 Å². The Morgan fingerprint density at radius 1 is 0.967 bits per heavy atom. The smallest absolute Gasteiger partial charge is 0.251 e. The average molecular weight is 435 g/mol. The molecule has 0 spiro atoms. The molecule has 1 N–H and O–H groups in total. The van der Waals surface area contributed by atoms with Gasteiger partial charge in [-0.1, -0.05) is 0 Å². The summed E-state index contributed by atoms with van der Waals surface area (Å²) in [6.07, 6.45) is 1.51. The lowest BCUT2D eigenvalue weighted by Crippen LogP contribution is -2.37. The highest BCUT2D eigenvalue weighted by Gasteiger charge is 2.26. The Balaban J connectivity index is 1.71. The predicted molar refractivity (Wildman–Crippen MR) is 114 cm³/mol. The second-order valence-corrected chi connectivity index (χ2v) is 8.83. The number of carbonyl (C=O) groups excluding carboxylic acids is 1. The summed E-state index contributed by atoms with van der Waals surface area (Å²) < 4.78 is 41.9. The number of carbonyl (C=O) groups is 1. The fraction of sp³-hybridized carbons (Fsp3) is 0.381. The summed E-state index contributed by atoms with van der Waals surface area (Å²) >= 11 is 0. The van der Waals surface area contributed by atoms with Gasteiger partial charge in [0.15, 0.2) is 11.5 Å². The topological polar surface area (TPSA) is 94.2 Å². The monoisotopic (exact) mass is 434 g/mol. The fourth-order valence-corrected chi connectivity index (χ4v) is 5.08. The van der Waals surface area contributed by atoms with E-state index in [-0.39, 0.29) is 18.2 Å². The maximum atomic E-state index is 12.6. The van der Waals surface area contributed by atoms with Gasteiger partial charge in [-0.25, -0.2) is 8.42 Å². The molecule has 0 unspecified atom stereocenters. The Labute approximate surface area is 176 Å². The SMILES string of the molecule is COc1ccc(CNC(=O)c2ccc(N3CCCCS3(=O)=O)cc2)c(OC)c1OC. The summed E-state index contributed by atoms with van der Waals surface area (Å²) in [5, 5.41) is 2.85. The zero-order chi connectivity index (χ0) is 21.7. The van der Waals surface area contributed by atoms with Crippen molar-refractivity contribution in [1.82, 2.24) is 5.32 Å². The van der Waals surface area contributed by atoms with Crippen LogP contribution in [0.2, 0.25) is 0 Å². The van der Waals surface area contributed by atoms with E-state index in [1.807, 2.05) is 0 Å². The molecular weight excluding hydrogens is 408 g/mol. The van der Waals surface area contributed by atoms with Crippen molar-refractivity contribution in [3.8, 4) is 17.2 Å². The van der Waals surface area contributed by atoms with Gasteiger partial charge in [0.25, 0.3) is 5.91 Å². The third-order valence-electron chi connectivity index (χ3n) is 4.99. The molecule has 1 aliphatic rings. The Bertz CT molecular complexity index is 1000. The van der Waals surface area contributed by atoms with Gasteiger partial charge >= 0.3 is 0 Å². The molecule has 1 saturated heterocycles. The molecule has 1 fully saturated rings. The van der Waals surface area contributed by atoms with Crippen LogP contribution in [0.15, 0.2) is 36.4 Å². The molecule has 1 heterocycles. The van der Waals surface area contributed by atoms with Gasteiger partial charge in [0.2, 0.25) is 15.8 Å². The summed E-state index contributed by atoms with van der Waals surface area (Å²) in [6, 6.07) is 10.1. The molecular formula is C21H26N2O6S. The largest absolute Gasteiger partial charge is 0.493 e. The minimum Gasteiger partial charge on any atom is -0.493 e. The van der Waals surface area contributed by atoms with Crippen LogP contribution in [0.3, 0.4) is 0 Å². The van der Waals surface area contributed by atoms with Gasteiger partial charge in [0, 0.05) is 24.2 Å². The normalized spacial score (nSPS) is 15.4. The quantitative estimate of drug-likeness (QED) is 0.720. The molecule has 0 bridgehead atoms. The molecule has 9 heteroatoms.